The molecule has 21 heavy (non-hydrogen) atoms. The van der Waals surface area contributed by atoms with Crippen molar-refractivity contribution in [2.24, 2.45) is 0 Å². The molecule has 0 radical (unpaired) electrons. The number of aliphatic carboxylic acids is 1. The van der Waals surface area contributed by atoms with Gasteiger partial charge in [0.25, 0.3) is 5.91 Å². The third-order valence-corrected chi connectivity index (χ3v) is 3.68. The van der Waals surface area contributed by atoms with Crippen LogP contribution in [0.4, 0.5) is 0 Å². The van der Waals surface area contributed by atoms with E-state index in [9.17, 15) is 9.59 Å². The van der Waals surface area contributed by atoms with Crippen LogP contribution in [0.15, 0.2) is 35.7 Å². The number of carboxylic acids is 1. The fourth-order valence-corrected chi connectivity index (χ4v) is 2.61. The van der Waals surface area contributed by atoms with Crippen LogP contribution in [-0.2, 0) is 11.2 Å². The van der Waals surface area contributed by atoms with Gasteiger partial charge in [-0.25, -0.2) is 4.98 Å². The highest BCUT2D eigenvalue weighted by Crippen LogP contribution is 2.14. The Bertz CT molecular complexity index is 610. The third-order valence-electron chi connectivity index (χ3n) is 2.84. The van der Waals surface area contributed by atoms with Gasteiger partial charge >= 0.3 is 5.97 Å². The molecule has 2 aromatic rings. The first-order chi connectivity index (χ1) is 10.1. The normalized spacial score (nSPS) is 10.3. The van der Waals surface area contributed by atoms with Crippen molar-refractivity contribution in [1.29, 1.82) is 0 Å². The summed E-state index contributed by atoms with van der Waals surface area (Å²) in [5, 5.41) is 13.8. The number of nitrogens with one attached hydrogen (secondary N) is 1. The van der Waals surface area contributed by atoms with Crippen LogP contribution in [-0.4, -0.2) is 28.5 Å². The number of carbonyl (C=O) groups is 2. The topological polar surface area (TPSA) is 79.3 Å². The molecule has 0 atom stereocenters. The van der Waals surface area contributed by atoms with Crippen LogP contribution in [0.25, 0.3) is 0 Å². The molecule has 0 aliphatic heterocycles. The smallest absolute Gasteiger partial charge is 0.303 e. The van der Waals surface area contributed by atoms with Crippen molar-refractivity contribution in [2.75, 3.05) is 6.54 Å². The number of carbonyl (C=O) groups excluding carboxylic acids is 1. The molecule has 2 N–H and O–H groups in total. The monoisotopic (exact) mass is 304 g/mol. The largest absolute Gasteiger partial charge is 0.481 e. The van der Waals surface area contributed by atoms with Gasteiger partial charge in [-0.2, -0.15) is 0 Å². The summed E-state index contributed by atoms with van der Waals surface area (Å²) in [5.74, 6) is -1.11. The molecule has 0 bridgehead atoms. The minimum absolute atomic E-state index is 0.0522. The molecular weight excluding hydrogens is 288 g/mol. The maximum absolute atomic E-state index is 11.8. The number of hydrogen-bond acceptors (Lipinski definition) is 4. The van der Waals surface area contributed by atoms with Gasteiger partial charge in [0.15, 0.2) is 0 Å². The first-order valence-electron chi connectivity index (χ1n) is 6.63. The Kier molecular flexibility index (Phi) is 5.45. The van der Waals surface area contributed by atoms with Gasteiger partial charge < -0.3 is 10.4 Å². The van der Waals surface area contributed by atoms with Crippen LogP contribution in [0.3, 0.4) is 0 Å². The zero-order valence-corrected chi connectivity index (χ0v) is 12.2. The van der Waals surface area contributed by atoms with Gasteiger partial charge in [0.05, 0.1) is 5.01 Å². The lowest BCUT2D eigenvalue weighted by Gasteiger charge is -2.01. The second kappa shape index (κ2) is 7.54. The van der Waals surface area contributed by atoms with E-state index in [2.05, 4.69) is 10.3 Å². The van der Waals surface area contributed by atoms with E-state index in [0.29, 0.717) is 25.1 Å². The Hall–Kier alpha value is -2.21. The molecule has 1 aromatic heterocycles. The molecule has 0 saturated carbocycles. The van der Waals surface area contributed by atoms with E-state index in [4.69, 9.17) is 5.11 Å². The van der Waals surface area contributed by atoms with Crippen molar-refractivity contribution in [3.05, 3.63) is 52.0 Å². The second-order valence-corrected chi connectivity index (χ2v) is 5.48. The molecule has 0 unspecified atom stereocenters. The third kappa shape index (κ3) is 5.00. The molecule has 1 aromatic carbocycles. The Morgan fingerprint density at radius 3 is 2.71 bits per heavy atom. The minimum Gasteiger partial charge on any atom is -0.481 e. The first-order valence-corrected chi connectivity index (χ1v) is 7.51. The van der Waals surface area contributed by atoms with E-state index in [1.165, 1.54) is 11.3 Å². The summed E-state index contributed by atoms with van der Waals surface area (Å²) >= 11 is 1.45. The number of benzene rings is 1. The molecule has 0 fully saturated rings. The van der Waals surface area contributed by atoms with Crippen molar-refractivity contribution in [3.8, 4) is 0 Å². The number of rotatable bonds is 7. The average molecular weight is 304 g/mol. The van der Waals surface area contributed by atoms with Crippen LogP contribution >= 0.6 is 11.3 Å². The zero-order valence-electron chi connectivity index (χ0n) is 11.4. The Balaban J connectivity index is 1.84. The molecule has 6 heteroatoms. The molecule has 110 valence electrons. The predicted octanol–water partition coefficient (Wildman–Crippen LogP) is 2.33. The summed E-state index contributed by atoms with van der Waals surface area (Å²) in [7, 11) is 0. The fraction of sp³-hybridized carbons (Fsp3) is 0.267. The van der Waals surface area contributed by atoms with E-state index in [-0.39, 0.29) is 12.3 Å². The van der Waals surface area contributed by atoms with Crippen molar-refractivity contribution >= 4 is 23.2 Å². The van der Waals surface area contributed by atoms with E-state index in [1.807, 2.05) is 30.3 Å². The molecule has 0 aliphatic carbocycles. The predicted molar refractivity (Wildman–Crippen MR) is 80.6 cm³/mol. The van der Waals surface area contributed by atoms with Gasteiger partial charge in [-0.05, 0) is 12.0 Å². The van der Waals surface area contributed by atoms with Gasteiger partial charge in [-0.3, -0.25) is 9.59 Å². The van der Waals surface area contributed by atoms with Crippen LogP contribution < -0.4 is 5.32 Å². The number of nitrogens with zero attached hydrogens (tertiary/aromatic N) is 1. The van der Waals surface area contributed by atoms with E-state index in [0.717, 1.165) is 10.6 Å². The maximum atomic E-state index is 11.8. The van der Waals surface area contributed by atoms with Crippen LogP contribution in [0, 0.1) is 0 Å². The van der Waals surface area contributed by atoms with E-state index >= 15 is 0 Å². The molecule has 2 rings (SSSR count). The van der Waals surface area contributed by atoms with Crippen LogP contribution in [0.1, 0.15) is 33.9 Å². The lowest BCUT2D eigenvalue weighted by atomic mass is 10.2. The molecular formula is C15H16N2O3S. The van der Waals surface area contributed by atoms with Crippen molar-refractivity contribution < 1.29 is 14.7 Å². The van der Waals surface area contributed by atoms with Crippen LogP contribution in [0.5, 0.6) is 0 Å². The molecule has 1 amide bonds. The number of amides is 1. The Morgan fingerprint density at radius 1 is 1.24 bits per heavy atom. The quantitative estimate of drug-likeness (QED) is 0.769. The lowest BCUT2D eigenvalue weighted by Crippen LogP contribution is -2.25. The Morgan fingerprint density at radius 2 is 2.00 bits per heavy atom. The highest BCUT2D eigenvalue weighted by molar-refractivity contribution is 7.09. The van der Waals surface area contributed by atoms with E-state index in [1.54, 1.807) is 5.38 Å². The van der Waals surface area contributed by atoms with E-state index < -0.39 is 5.97 Å². The average Bonchev–Trinajstić information content (AvgIpc) is 2.93. The lowest BCUT2D eigenvalue weighted by molar-refractivity contribution is -0.137. The summed E-state index contributed by atoms with van der Waals surface area (Å²) in [6.45, 7) is 0.344. The summed E-state index contributed by atoms with van der Waals surface area (Å²) in [6.07, 6.45) is 1.18. The van der Waals surface area contributed by atoms with Gasteiger partial charge in [0.2, 0.25) is 0 Å². The number of carboxylic acid groups (broad SMARTS) is 1. The number of hydrogen-bond donors (Lipinski definition) is 2. The van der Waals surface area contributed by atoms with Crippen molar-refractivity contribution in [3.63, 3.8) is 0 Å². The minimum atomic E-state index is -0.858. The van der Waals surface area contributed by atoms with Gasteiger partial charge in [-0.15, -0.1) is 11.3 Å². The molecule has 0 spiro atoms. The van der Waals surface area contributed by atoms with Crippen molar-refractivity contribution in [2.45, 2.75) is 19.3 Å². The SMILES string of the molecule is O=C(O)CCCNC(=O)c1csc(Cc2ccccc2)n1. The maximum Gasteiger partial charge on any atom is 0.303 e. The highest BCUT2D eigenvalue weighted by atomic mass is 32.1. The first kappa shape index (κ1) is 15.2. The molecule has 0 saturated heterocycles. The summed E-state index contributed by atoms with van der Waals surface area (Å²) in [4.78, 5) is 26.5. The second-order valence-electron chi connectivity index (χ2n) is 4.54. The standard InChI is InChI=1S/C15H16N2O3S/c18-14(19)7-4-8-16-15(20)12-10-21-13(17-12)9-11-5-2-1-3-6-11/h1-3,5-6,10H,4,7-9H2,(H,16,20)(H,18,19). The molecule has 0 aliphatic rings. The van der Waals surface area contributed by atoms with Gasteiger partial charge in [-0.1, -0.05) is 30.3 Å². The van der Waals surface area contributed by atoms with Crippen LogP contribution in [0.2, 0.25) is 0 Å². The fourth-order valence-electron chi connectivity index (χ4n) is 1.80. The zero-order chi connectivity index (χ0) is 15.1. The molecule has 1 heterocycles. The van der Waals surface area contributed by atoms with Gasteiger partial charge in [0, 0.05) is 24.8 Å². The summed E-state index contributed by atoms with van der Waals surface area (Å²) in [5.41, 5.74) is 1.54. The summed E-state index contributed by atoms with van der Waals surface area (Å²) in [6, 6.07) is 9.94. The molecule has 5 nitrogen and oxygen atoms in total. The number of thiazole rings is 1. The van der Waals surface area contributed by atoms with Gasteiger partial charge in [0.1, 0.15) is 5.69 Å². The number of aromatic nitrogens is 1. The highest BCUT2D eigenvalue weighted by Gasteiger charge is 2.10. The van der Waals surface area contributed by atoms with Crippen molar-refractivity contribution in [1.82, 2.24) is 10.3 Å². The summed E-state index contributed by atoms with van der Waals surface area (Å²) < 4.78 is 0. The Labute approximate surface area is 126 Å².